The summed E-state index contributed by atoms with van der Waals surface area (Å²) in [6.07, 6.45) is 0.268. The summed E-state index contributed by atoms with van der Waals surface area (Å²) >= 11 is 6.78. The zero-order chi connectivity index (χ0) is 14.2. The van der Waals surface area contributed by atoms with E-state index >= 15 is 0 Å². The van der Waals surface area contributed by atoms with Gasteiger partial charge in [-0.2, -0.15) is 5.10 Å². The Morgan fingerprint density at radius 3 is 2.63 bits per heavy atom. The van der Waals surface area contributed by atoms with Gasteiger partial charge in [-0.3, -0.25) is 9.48 Å². The van der Waals surface area contributed by atoms with E-state index in [-0.39, 0.29) is 12.2 Å². The number of aromatic nitrogens is 2. The minimum Gasteiger partial charge on any atom is -0.398 e. The maximum absolute atomic E-state index is 12.3. The summed E-state index contributed by atoms with van der Waals surface area (Å²) in [5.41, 5.74) is 8.61. The molecule has 0 fully saturated rings. The fourth-order valence-corrected chi connectivity index (χ4v) is 2.76. The predicted molar refractivity (Wildman–Crippen MR) is 82.2 cm³/mol. The second-order valence-electron chi connectivity index (χ2n) is 4.30. The number of nitrogen functional groups attached to an aromatic ring is 1. The van der Waals surface area contributed by atoms with Crippen LogP contribution in [0.2, 0.25) is 0 Å². The van der Waals surface area contributed by atoms with Crippen LogP contribution in [0, 0.1) is 6.92 Å². The van der Waals surface area contributed by atoms with Crippen molar-refractivity contribution >= 4 is 43.3 Å². The highest BCUT2D eigenvalue weighted by atomic mass is 79.9. The highest BCUT2D eigenvalue weighted by Gasteiger charge is 2.17. The van der Waals surface area contributed by atoms with E-state index < -0.39 is 0 Å². The highest BCUT2D eigenvalue weighted by molar-refractivity contribution is 9.10. The Morgan fingerprint density at radius 1 is 1.42 bits per heavy atom. The zero-order valence-electron chi connectivity index (χ0n) is 10.6. The Morgan fingerprint density at radius 2 is 2.11 bits per heavy atom. The van der Waals surface area contributed by atoms with Crippen LogP contribution in [0.25, 0.3) is 0 Å². The van der Waals surface area contributed by atoms with Gasteiger partial charge in [0.25, 0.3) is 0 Å². The number of rotatable bonds is 3. The van der Waals surface area contributed by atoms with Crippen LogP contribution in [0.15, 0.2) is 27.1 Å². The molecule has 0 aliphatic heterocycles. The number of carbonyl (C=O) groups is 1. The van der Waals surface area contributed by atoms with Crippen molar-refractivity contribution in [2.45, 2.75) is 13.3 Å². The summed E-state index contributed by atoms with van der Waals surface area (Å²) < 4.78 is 3.45. The average molecular weight is 387 g/mol. The van der Waals surface area contributed by atoms with E-state index in [0.717, 1.165) is 20.3 Å². The molecule has 1 heterocycles. The van der Waals surface area contributed by atoms with Gasteiger partial charge in [0.2, 0.25) is 0 Å². The van der Waals surface area contributed by atoms with Gasteiger partial charge in [0.15, 0.2) is 5.78 Å². The van der Waals surface area contributed by atoms with Crippen molar-refractivity contribution in [2.24, 2.45) is 7.05 Å². The first kappa shape index (κ1) is 14.3. The van der Waals surface area contributed by atoms with E-state index in [4.69, 9.17) is 5.73 Å². The van der Waals surface area contributed by atoms with Gasteiger partial charge in [0, 0.05) is 22.8 Å². The van der Waals surface area contributed by atoms with Crippen molar-refractivity contribution < 1.29 is 4.79 Å². The van der Waals surface area contributed by atoms with E-state index in [9.17, 15) is 4.79 Å². The number of ketones is 1. The number of benzene rings is 1. The molecule has 0 unspecified atom stereocenters. The Kier molecular flexibility index (Phi) is 4.10. The number of nitrogens with two attached hydrogens (primary N) is 1. The van der Waals surface area contributed by atoms with E-state index in [1.165, 1.54) is 0 Å². The average Bonchev–Trinajstić information content (AvgIpc) is 2.56. The van der Waals surface area contributed by atoms with Gasteiger partial charge < -0.3 is 5.73 Å². The van der Waals surface area contributed by atoms with Crippen LogP contribution < -0.4 is 5.73 Å². The van der Waals surface area contributed by atoms with Gasteiger partial charge >= 0.3 is 0 Å². The Labute approximate surface area is 128 Å². The van der Waals surface area contributed by atoms with Crippen LogP contribution >= 0.6 is 31.9 Å². The first-order valence-corrected chi connectivity index (χ1v) is 7.25. The summed E-state index contributed by atoms with van der Waals surface area (Å²) in [7, 11) is 1.82. The number of aryl methyl sites for hydroxylation is 2. The number of hydrogen-bond acceptors (Lipinski definition) is 3. The minimum absolute atomic E-state index is 0.0197. The Bertz CT molecular complexity index is 650. The van der Waals surface area contributed by atoms with Crippen molar-refractivity contribution in [2.75, 3.05) is 5.73 Å². The van der Waals surface area contributed by atoms with Crippen molar-refractivity contribution in [3.05, 3.63) is 44.1 Å². The van der Waals surface area contributed by atoms with Gasteiger partial charge in [-0.1, -0.05) is 15.9 Å². The molecule has 2 rings (SSSR count). The molecular formula is C13H13Br2N3O. The van der Waals surface area contributed by atoms with Crippen LogP contribution in [0.4, 0.5) is 5.69 Å². The number of nitrogens with zero attached hydrogens (tertiary/aromatic N) is 2. The number of carbonyl (C=O) groups excluding carboxylic acids is 1. The van der Waals surface area contributed by atoms with E-state index in [1.807, 2.05) is 20.0 Å². The topological polar surface area (TPSA) is 60.9 Å². The Hall–Kier alpha value is -1.14. The molecule has 0 atom stereocenters. The summed E-state index contributed by atoms with van der Waals surface area (Å²) in [6, 6.07) is 5.28. The van der Waals surface area contributed by atoms with Gasteiger partial charge in [-0.05, 0) is 41.1 Å². The monoisotopic (exact) mass is 385 g/mol. The molecule has 0 aliphatic carbocycles. The molecule has 4 nitrogen and oxygen atoms in total. The van der Waals surface area contributed by atoms with Gasteiger partial charge in [0.05, 0.1) is 22.3 Å². The molecule has 2 N–H and O–H groups in total. The maximum atomic E-state index is 12.3. The third kappa shape index (κ3) is 2.90. The molecule has 0 spiro atoms. The molecule has 100 valence electrons. The van der Waals surface area contributed by atoms with E-state index in [0.29, 0.717) is 11.3 Å². The first-order valence-electron chi connectivity index (χ1n) is 5.66. The lowest BCUT2D eigenvalue weighted by molar-refractivity contribution is 0.0991. The molecule has 1 aromatic heterocycles. The largest absolute Gasteiger partial charge is 0.398 e. The standard InChI is InChI=1S/C13H13Br2N3O/c1-7-13(15)11(18(2)17-7)6-12(19)9-4-3-8(14)5-10(9)16/h3-5H,6,16H2,1-2H3. The molecule has 0 saturated carbocycles. The van der Waals surface area contributed by atoms with Crippen LogP contribution in [-0.4, -0.2) is 15.6 Å². The fraction of sp³-hybridized carbons (Fsp3) is 0.231. The summed E-state index contributed by atoms with van der Waals surface area (Å²) in [6.45, 7) is 1.89. The molecule has 6 heteroatoms. The quantitative estimate of drug-likeness (QED) is 0.650. The smallest absolute Gasteiger partial charge is 0.170 e. The van der Waals surface area contributed by atoms with Crippen molar-refractivity contribution in [1.82, 2.24) is 9.78 Å². The fourth-order valence-electron chi connectivity index (χ4n) is 1.91. The molecular weight excluding hydrogens is 374 g/mol. The summed E-state index contributed by atoms with van der Waals surface area (Å²) in [4.78, 5) is 12.3. The van der Waals surface area contributed by atoms with Gasteiger partial charge in [0.1, 0.15) is 0 Å². The summed E-state index contributed by atoms with van der Waals surface area (Å²) in [5.74, 6) is -0.0197. The van der Waals surface area contributed by atoms with Crippen LogP contribution in [0.1, 0.15) is 21.7 Å². The van der Waals surface area contributed by atoms with E-state index in [1.54, 1.807) is 16.8 Å². The molecule has 2 aromatic rings. The molecule has 19 heavy (non-hydrogen) atoms. The maximum Gasteiger partial charge on any atom is 0.170 e. The normalized spacial score (nSPS) is 10.7. The summed E-state index contributed by atoms with van der Waals surface area (Å²) in [5, 5.41) is 4.27. The van der Waals surface area contributed by atoms with Crippen LogP contribution in [0.3, 0.4) is 0 Å². The molecule has 0 bridgehead atoms. The highest BCUT2D eigenvalue weighted by Crippen LogP contribution is 2.24. The third-order valence-electron chi connectivity index (χ3n) is 2.90. The molecule has 0 amide bonds. The number of hydrogen-bond donors (Lipinski definition) is 1. The lowest BCUT2D eigenvalue weighted by Crippen LogP contribution is -2.10. The molecule has 1 aromatic carbocycles. The first-order chi connectivity index (χ1) is 8.90. The van der Waals surface area contributed by atoms with Crippen LogP contribution in [0.5, 0.6) is 0 Å². The lowest BCUT2D eigenvalue weighted by atomic mass is 10.0. The minimum atomic E-state index is -0.0197. The van der Waals surface area contributed by atoms with Gasteiger partial charge in [-0.25, -0.2) is 0 Å². The SMILES string of the molecule is Cc1nn(C)c(CC(=O)c2ccc(Br)cc2N)c1Br. The predicted octanol–water partition coefficient (Wildman–Crippen LogP) is 3.26. The molecule has 0 radical (unpaired) electrons. The molecule has 0 aliphatic rings. The van der Waals surface area contributed by atoms with Crippen molar-refractivity contribution in [3.63, 3.8) is 0 Å². The second kappa shape index (κ2) is 5.46. The number of halogens is 2. The zero-order valence-corrected chi connectivity index (χ0v) is 13.7. The van der Waals surface area contributed by atoms with Crippen molar-refractivity contribution in [1.29, 1.82) is 0 Å². The number of anilines is 1. The van der Waals surface area contributed by atoms with Gasteiger partial charge in [-0.15, -0.1) is 0 Å². The number of Topliss-reactive ketones (excluding diaryl/α,β-unsaturated/α-hetero) is 1. The van der Waals surface area contributed by atoms with Crippen LogP contribution in [-0.2, 0) is 13.5 Å². The third-order valence-corrected chi connectivity index (χ3v) is 4.43. The Balaban J connectivity index is 2.31. The molecule has 0 saturated heterocycles. The van der Waals surface area contributed by atoms with E-state index in [2.05, 4.69) is 37.0 Å². The second-order valence-corrected chi connectivity index (χ2v) is 6.01. The van der Waals surface area contributed by atoms with Crippen molar-refractivity contribution in [3.8, 4) is 0 Å². The lowest BCUT2D eigenvalue weighted by Gasteiger charge is -2.06.